The maximum atomic E-state index is 12.3. The van der Waals surface area contributed by atoms with E-state index in [0.29, 0.717) is 32.5 Å². The fourth-order valence-corrected chi connectivity index (χ4v) is 4.55. The first kappa shape index (κ1) is 20.8. The molecular formula is C16H25N3O5S2. The van der Waals surface area contributed by atoms with Gasteiger partial charge in [0.25, 0.3) is 0 Å². The minimum atomic E-state index is -3.47. The van der Waals surface area contributed by atoms with Gasteiger partial charge in [0.15, 0.2) is 0 Å². The Hall–Kier alpha value is -1.49. The third kappa shape index (κ3) is 5.03. The van der Waals surface area contributed by atoms with Gasteiger partial charge in [-0.15, -0.1) is 0 Å². The molecular weight excluding hydrogens is 378 g/mol. The van der Waals surface area contributed by atoms with Gasteiger partial charge in [0.1, 0.15) is 0 Å². The van der Waals surface area contributed by atoms with Crippen molar-refractivity contribution in [3.05, 3.63) is 29.8 Å². The largest absolute Gasteiger partial charge is 0.352 e. The van der Waals surface area contributed by atoms with Crippen molar-refractivity contribution in [2.45, 2.75) is 24.3 Å². The monoisotopic (exact) mass is 403 g/mol. The second-order valence-corrected chi connectivity index (χ2v) is 10.7. The van der Waals surface area contributed by atoms with Gasteiger partial charge in [0.05, 0.1) is 11.2 Å². The van der Waals surface area contributed by atoms with Crippen LogP contribution >= 0.6 is 0 Å². The molecule has 0 radical (unpaired) electrons. The standard InChI is InChI=1S/C16H25N3O5S2/c1-18(2)26(23,24)15-6-4-13(5-7-15)12-17-16(20)14-8-10-19(11-9-14)25(3,21)22/h4-7,14H,8-12H2,1-3H3,(H,17,20). The molecule has 1 N–H and O–H groups in total. The van der Waals surface area contributed by atoms with Gasteiger partial charge in [-0.1, -0.05) is 12.1 Å². The second kappa shape index (κ2) is 8.03. The smallest absolute Gasteiger partial charge is 0.242 e. The van der Waals surface area contributed by atoms with Crippen molar-refractivity contribution in [1.29, 1.82) is 0 Å². The first-order valence-corrected chi connectivity index (χ1v) is 11.5. The summed E-state index contributed by atoms with van der Waals surface area (Å²) in [7, 11) is -3.73. The SMILES string of the molecule is CN(C)S(=O)(=O)c1ccc(CNC(=O)C2CCN(S(C)(=O)=O)CC2)cc1. The molecule has 2 rings (SSSR count). The maximum Gasteiger partial charge on any atom is 0.242 e. The number of piperidine rings is 1. The van der Waals surface area contributed by atoms with Gasteiger partial charge in [0.2, 0.25) is 26.0 Å². The molecule has 1 heterocycles. The van der Waals surface area contributed by atoms with Crippen molar-refractivity contribution >= 4 is 26.0 Å². The molecule has 1 aliphatic rings. The molecule has 1 fully saturated rings. The molecule has 1 aromatic rings. The first-order valence-electron chi connectivity index (χ1n) is 8.26. The summed E-state index contributed by atoms with van der Waals surface area (Å²) in [4.78, 5) is 12.5. The number of carbonyl (C=O) groups is 1. The predicted octanol–water partition coefficient (Wildman–Crippen LogP) is 0.225. The Morgan fingerprint density at radius 1 is 1.12 bits per heavy atom. The second-order valence-electron chi connectivity index (χ2n) is 6.59. The topological polar surface area (TPSA) is 104 Å². The van der Waals surface area contributed by atoms with Crippen molar-refractivity contribution < 1.29 is 21.6 Å². The van der Waals surface area contributed by atoms with Crippen molar-refractivity contribution in [2.75, 3.05) is 33.4 Å². The molecule has 0 saturated carbocycles. The minimum Gasteiger partial charge on any atom is -0.352 e. The highest BCUT2D eigenvalue weighted by molar-refractivity contribution is 7.89. The normalized spacial score (nSPS) is 17.4. The summed E-state index contributed by atoms with van der Waals surface area (Å²) < 4.78 is 49.6. The number of amides is 1. The highest BCUT2D eigenvalue weighted by atomic mass is 32.2. The van der Waals surface area contributed by atoms with Crippen LogP contribution in [-0.2, 0) is 31.4 Å². The van der Waals surface area contributed by atoms with Gasteiger partial charge in [0, 0.05) is 39.6 Å². The Morgan fingerprint density at radius 3 is 2.12 bits per heavy atom. The van der Waals surface area contributed by atoms with E-state index in [-0.39, 0.29) is 16.7 Å². The molecule has 8 nitrogen and oxygen atoms in total. The average Bonchev–Trinajstić information content (AvgIpc) is 2.59. The Bertz CT molecular complexity index is 840. The number of nitrogens with zero attached hydrogens (tertiary/aromatic N) is 2. The lowest BCUT2D eigenvalue weighted by Crippen LogP contribution is -2.42. The molecule has 1 aromatic carbocycles. The number of nitrogens with one attached hydrogen (secondary N) is 1. The Balaban J connectivity index is 1.88. The molecule has 0 atom stereocenters. The lowest BCUT2D eigenvalue weighted by Gasteiger charge is -2.29. The summed E-state index contributed by atoms with van der Waals surface area (Å²) in [6.07, 6.45) is 2.17. The number of benzene rings is 1. The summed E-state index contributed by atoms with van der Waals surface area (Å²) in [5.41, 5.74) is 0.796. The zero-order chi connectivity index (χ0) is 19.5. The first-order chi connectivity index (χ1) is 12.0. The van der Waals surface area contributed by atoms with Crippen LogP contribution in [0, 0.1) is 5.92 Å². The fraction of sp³-hybridized carbons (Fsp3) is 0.562. The molecule has 26 heavy (non-hydrogen) atoms. The third-order valence-electron chi connectivity index (χ3n) is 4.46. The Morgan fingerprint density at radius 2 is 1.65 bits per heavy atom. The van der Waals surface area contributed by atoms with Crippen molar-refractivity contribution in [2.24, 2.45) is 5.92 Å². The van der Waals surface area contributed by atoms with Crippen molar-refractivity contribution in [1.82, 2.24) is 13.9 Å². The van der Waals surface area contributed by atoms with Crippen LogP contribution in [0.3, 0.4) is 0 Å². The Labute approximate surface area is 155 Å². The van der Waals surface area contributed by atoms with Crippen molar-refractivity contribution in [3.63, 3.8) is 0 Å². The summed E-state index contributed by atoms with van der Waals surface area (Å²) in [6.45, 7) is 1.01. The van der Waals surface area contributed by atoms with Gasteiger partial charge in [-0.25, -0.2) is 25.4 Å². The maximum absolute atomic E-state index is 12.3. The number of sulfonamides is 2. The lowest BCUT2D eigenvalue weighted by molar-refractivity contribution is -0.126. The summed E-state index contributed by atoms with van der Waals surface area (Å²) in [5.74, 6) is -0.315. The van der Waals surface area contributed by atoms with E-state index >= 15 is 0 Å². The summed E-state index contributed by atoms with van der Waals surface area (Å²) in [5, 5.41) is 2.84. The van der Waals surface area contributed by atoms with Crippen LogP contribution in [-0.4, -0.2) is 64.8 Å². The molecule has 0 spiro atoms. The highest BCUT2D eigenvalue weighted by Crippen LogP contribution is 2.19. The van der Waals surface area contributed by atoms with Crippen LogP contribution in [0.5, 0.6) is 0 Å². The molecule has 1 amide bonds. The van der Waals surface area contributed by atoms with Crippen LogP contribution in [0.1, 0.15) is 18.4 Å². The average molecular weight is 404 g/mol. The number of hydrogen-bond donors (Lipinski definition) is 1. The van der Waals surface area contributed by atoms with E-state index in [0.717, 1.165) is 9.87 Å². The van der Waals surface area contributed by atoms with Crippen LogP contribution in [0.4, 0.5) is 0 Å². The molecule has 1 aliphatic heterocycles. The lowest BCUT2D eigenvalue weighted by atomic mass is 9.97. The van der Waals surface area contributed by atoms with E-state index in [9.17, 15) is 21.6 Å². The van der Waals surface area contributed by atoms with Gasteiger partial charge >= 0.3 is 0 Å². The molecule has 146 valence electrons. The summed E-state index contributed by atoms with van der Waals surface area (Å²) >= 11 is 0. The van der Waals surface area contributed by atoms with Gasteiger partial charge < -0.3 is 5.32 Å². The molecule has 0 aliphatic carbocycles. The van der Waals surface area contributed by atoms with Gasteiger partial charge in [-0.2, -0.15) is 0 Å². The zero-order valence-corrected chi connectivity index (χ0v) is 16.8. The van der Waals surface area contributed by atoms with E-state index in [1.807, 2.05) is 0 Å². The predicted molar refractivity (Wildman–Crippen MR) is 98.3 cm³/mol. The Kier molecular flexibility index (Phi) is 6.43. The molecule has 1 saturated heterocycles. The van der Waals surface area contributed by atoms with Crippen molar-refractivity contribution in [3.8, 4) is 0 Å². The van der Waals surface area contributed by atoms with E-state index in [4.69, 9.17) is 0 Å². The molecule has 0 unspecified atom stereocenters. The number of rotatable bonds is 6. The van der Waals surface area contributed by atoms with Gasteiger partial charge in [-0.05, 0) is 30.5 Å². The summed E-state index contributed by atoms with van der Waals surface area (Å²) in [6, 6.07) is 6.37. The molecule has 10 heteroatoms. The number of carbonyl (C=O) groups excluding carboxylic acids is 1. The van der Waals surface area contributed by atoms with E-state index < -0.39 is 20.0 Å². The van der Waals surface area contributed by atoms with Crippen LogP contribution in [0.25, 0.3) is 0 Å². The molecule has 0 aromatic heterocycles. The van der Waals surface area contributed by atoms with E-state index in [1.165, 1.54) is 36.8 Å². The van der Waals surface area contributed by atoms with Crippen LogP contribution in [0.2, 0.25) is 0 Å². The van der Waals surface area contributed by atoms with Crippen LogP contribution in [0.15, 0.2) is 29.2 Å². The van der Waals surface area contributed by atoms with Crippen LogP contribution < -0.4 is 5.32 Å². The minimum absolute atomic E-state index is 0.108. The zero-order valence-electron chi connectivity index (χ0n) is 15.2. The quantitative estimate of drug-likeness (QED) is 0.732. The molecule has 0 bridgehead atoms. The fourth-order valence-electron chi connectivity index (χ4n) is 2.77. The van der Waals surface area contributed by atoms with E-state index in [1.54, 1.807) is 12.1 Å². The third-order valence-corrected chi connectivity index (χ3v) is 7.59. The number of hydrogen-bond acceptors (Lipinski definition) is 5. The van der Waals surface area contributed by atoms with Gasteiger partial charge in [-0.3, -0.25) is 4.79 Å². The van der Waals surface area contributed by atoms with E-state index in [2.05, 4.69) is 5.32 Å². The highest BCUT2D eigenvalue weighted by Gasteiger charge is 2.28.